The van der Waals surface area contributed by atoms with E-state index in [9.17, 15) is 0 Å². The molecule has 6 heteroatoms. The second-order valence-electron chi connectivity index (χ2n) is 3.56. The molecule has 2 rings (SSSR count). The molecule has 0 aliphatic heterocycles. The molecule has 1 aromatic heterocycles. The highest BCUT2D eigenvalue weighted by Gasteiger charge is 2.17. The second-order valence-corrected chi connectivity index (χ2v) is 3.56. The Morgan fingerprint density at radius 3 is 3.00 bits per heavy atom. The number of aromatic nitrogens is 4. The van der Waals surface area contributed by atoms with Gasteiger partial charge in [-0.05, 0) is 24.6 Å². The molecule has 90 valence electrons. The topological polar surface area (TPSA) is 89.7 Å². The van der Waals surface area contributed by atoms with Gasteiger partial charge in [-0.1, -0.05) is 17.3 Å². The zero-order valence-corrected chi connectivity index (χ0v) is 9.63. The van der Waals surface area contributed by atoms with Gasteiger partial charge in [0, 0.05) is 6.54 Å². The van der Waals surface area contributed by atoms with Gasteiger partial charge in [0.2, 0.25) is 0 Å². The van der Waals surface area contributed by atoms with E-state index in [1.54, 1.807) is 0 Å². The summed E-state index contributed by atoms with van der Waals surface area (Å²) in [5.41, 5.74) is 6.79. The summed E-state index contributed by atoms with van der Waals surface area (Å²) in [4.78, 5) is 0. The molecule has 17 heavy (non-hydrogen) atoms. The number of H-pyrrole nitrogens is 1. The zero-order chi connectivity index (χ0) is 12.1. The molecule has 1 heterocycles. The van der Waals surface area contributed by atoms with E-state index in [4.69, 9.17) is 10.5 Å². The molecular weight excluding hydrogens is 218 g/mol. The van der Waals surface area contributed by atoms with Crippen molar-refractivity contribution in [1.29, 1.82) is 0 Å². The van der Waals surface area contributed by atoms with Gasteiger partial charge in [-0.2, -0.15) is 5.21 Å². The van der Waals surface area contributed by atoms with Crippen LogP contribution in [-0.2, 0) is 0 Å². The standard InChI is InChI=1S/C11H15N5O/c1-2-17-9-5-3-4-8(6-9)10(7-12)11-13-15-16-14-11/h3-6,10H,2,7,12H2,1H3,(H,13,14,15,16). The highest BCUT2D eigenvalue weighted by Crippen LogP contribution is 2.23. The average Bonchev–Trinajstić information content (AvgIpc) is 2.85. The molecule has 1 aromatic carbocycles. The predicted octanol–water partition coefficient (Wildman–Crippen LogP) is 0.689. The molecule has 0 aliphatic carbocycles. The number of ether oxygens (including phenoxy) is 1. The first-order chi connectivity index (χ1) is 8.35. The van der Waals surface area contributed by atoms with Gasteiger partial charge in [-0.25, -0.2) is 0 Å². The molecular formula is C11H15N5O. The van der Waals surface area contributed by atoms with Gasteiger partial charge >= 0.3 is 0 Å². The number of nitrogens with one attached hydrogen (secondary N) is 1. The lowest BCUT2D eigenvalue weighted by Gasteiger charge is -2.12. The Morgan fingerprint density at radius 1 is 1.47 bits per heavy atom. The van der Waals surface area contributed by atoms with Crippen molar-refractivity contribution in [2.45, 2.75) is 12.8 Å². The predicted molar refractivity (Wildman–Crippen MR) is 62.7 cm³/mol. The number of hydrogen-bond acceptors (Lipinski definition) is 5. The Kier molecular flexibility index (Phi) is 3.66. The lowest BCUT2D eigenvalue weighted by Crippen LogP contribution is -2.15. The minimum Gasteiger partial charge on any atom is -0.494 e. The van der Waals surface area contributed by atoms with E-state index in [1.807, 2.05) is 31.2 Å². The summed E-state index contributed by atoms with van der Waals surface area (Å²) in [6.07, 6.45) is 0. The van der Waals surface area contributed by atoms with Crippen LogP contribution < -0.4 is 10.5 Å². The lowest BCUT2D eigenvalue weighted by molar-refractivity contribution is 0.340. The van der Waals surface area contributed by atoms with Gasteiger partial charge in [-0.3, -0.25) is 0 Å². The minimum absolute atomic E-state index is 0.0610. The number of nitrogens with zero attached hydrogens (tertiary/aromatic N) is 3. The van der Waals surface area contributed by atoms with Crippen molar-refractivity contribution in [2.24, 2.45) is 5.73 Å². The molecule has 0 bridgehead atoms. The van der Waals surface area contributed by atoms with E-state index < -0.39 is 0 Å². The van der Waals surface area contributed by atoms with E-state index in [2.05, 4.69) is 20.6 Å². The largest absolute Gasteiger partial charge is 0.494 e. The Hall–Kier alpha value is -1.95. The number of hydrogen-bond donors (Lipinski definition) is 2. The van der Waals surface area contributed by atoms with E-state index in [1.165, 1.54) is 0 Å². The molecule has 0 saturated carbocycles. The molecule has 0 spiro atoms. The lowest BCUT2D eigenvalue weighted by atomic mass is 9.98. The van der Waals surface area contributed by atoms with Crippen LogP contribution >= 0.6 is 0 Å². The van der Waals surface area contributed by atoms with Crippen LogP contribution in [0.25, 0.3) is 0 Å². The molecule has 0 amide bonds. The molecule has 0 saturated heterocycles. The molecule has 1 atom stereocenters. The fourth-order valence-electron chi connectivity index (χ4n) is 1.70. The first-order valence-electron chi connectivity index (χ1n) is 5.51. The maximum Gasteiger partial charge on any atom is 0.183 e. The fraction of sp³-hybridized carbons (Fsp3) is 0.364. The van der Waals surface area contributed by atoms with Crippen molar-refractivity contribution >= 4 is 0 Å². The highest BCUT2D eigenvalue weighted by molar-refractivity contribution is 5.33. The Morgan fingerprint density at radius 2 is 2.35 bits per heavy atom. The molecule has 2 aromatic rings. The third-order valence-corrected chi connectivity index (χ3v) is 2.48. The first-order valence-corrected chi connectivity index (χ1v) is 5.51. The maximum atomic E-state index is 5.76. The van der Waals surface area contributed by atoms with Gasteiger partial charge in [0.25, 0.3) is 0 Å². The van der Waals surface area contributed by atoms with Crippen molar-refractivity contribution in [1.82, 2.24) is 20.6 Å². The Bertz CT molecular complexity index is 457. The summed E-state index contributed by atoms with van der Waals surface area (Å²) in [7, 11) is 0. The second kappa shape index (κ2) is 5.40. The van der Waals surface area contributed by atoms with Crippen molar-refractivity contribution in [3.05, 3.63) is 35.7 Å². The summed E-state index contributed by atoms with van der Waals surface area (Å²) in [5.74, 6) is 1.36. The Labute approximate surface area is 99.2 Å². The van der Waals surface area contributed by atoms with Crippen LogP contribution in [0.1, 0.15) is 24.2 Å². The SMILES string of the molecule is CCOc1cccc(C(CN)c2nn[nH]n2)c1. The average molecular weight is 233 g/mol. The monoisotopic (exact) mass is 233 g/mol. The van der Waals surface area contributed by atoms with Crippen LogP contribution in [-0.4, -0.2) is 33.8 Å². The van der Waals surface area contributed by atoms with Crippen LogP contribution in [0.3, 0.4) is 0 Å². The van der Waals surface area contributed by atoms with Crippen LogP contribution in [0, 0.1) is 0 Å². The molecule has 3 N–H and O–H groups in total. The van der Waals surface area contributed by atoms with E-state index >= 15 is 0 Å². The summed E-state index contributed by atoms with van der Waals surface area (Å²) in [6, 6.07) is 7.79. The van der Waals surface area contributed by atoms with Crippen molar-refractivity contribution in [2.75, 3.05) is 13.2 Å². The van der Waals surface area contributed by atoms with Crippen molar-refractivity contribution in [3.63, 3.8) is 0 Å². The van der Waals surface area contributed by atoms with Crippen molar-refractivity contribution < 1.29 is 4.74 Å². The zero-order valence-electron chi connectivity index (χ0n) is 9.63. The number of nitrogens with two attached hydrogens (primary N) is 1. The highest BCUT2D eigenvalue weighted by atomic mass is 16.5. The normalized spacial score (nSPS) is 12.4. The summed E-state index contributed by atoms with van der Waals surface area (Å²) >= 11 is 0. The van der Waals surface area contributed by atoms with Crippen LogP contribution in [0.4, 0.5) is 0 Å². The number of rotatable bonds is 5. The van der Waals surface area contributed by atoms with Crippen LogP contribution in [0.15, 0.2) is 24.3 Å². The number of tetrazole rings is 1. The summed E-state index contributed by atoms with van der Waals surface area (Å²) < 4.78 is 5.45. The van der Waals surface area contributed by atoms with Gasteiger partial charge in [0.05, 0.1) is 12.5 Å². The van der Waals surface area contributed by atoms with Crippen LogP contribution in [0.2, 0.25) is 0 Å². The minimum atomic E-state index is -0.0610. The van der Waals surface area contributed by atoms with Crippen LogP contribution in [0.5, 0.6) is 5.75 Å². The number of aromatic amines is 1. The van der Waals surface area contributed by atoms with Gasteiger partial charge < -0.3 is 10.5 Å². The van der Waals surface area contributed by atoms with E-state index in [0.717, 1.165) is 11.3 Å². The van der Waals surface area contributed by atoms with Crippen molar-refractivity contribution in [3.8, 4) is 5.75 Å². The molecule has 0 aliphatic rings. The van der Waals surface area contributed by atoms with Gasteiger partial charge in [0.15, 0.2) is 5.82 Å². The molecule has 6 nitrogen and oxygen atoms in total. The van der Waals surface area contributed by atoms with E-state index in [0.29, 0.717) is 19.0 Å². The first kappa shape index (κ1) is 11.5. The number of benzene rings is 1. The maximum absolute atomic E-state index is 5.76. The van der Waals surface area contributed by atoms with E-state index in [-0.39, 0.29) is 5.92 Å². The molecule has 1 unspecified atom stereocenters. The van der Waals surface area contributed by atoms with Gasteiger partial charge in [0.1, 0.15) is 5.75 Å². The quantitative estimate of drug-likeness (QED) is 0.793. The third kappa shape index (κ3) is 2.59. The molecule has 0 radical (unpaired) electrons. The Balaban J connectivity index is 2.28. The third-order valence-electron chi connectivity index (χ3n) is 2.48. The fourth-order valence-corrected chi connectivity index (χ4v) is 1.70. The summed E-state index contributed by atoms with van der Waals surface area (Å²) in [6.45, 7) is 3.01. The van der Waals surface area contributed by atoms with Gasteiger partial charge in [-0.15, -0.1) is 10.2 Å². The summed E-state index contributed by atoms with van der Waals surface area (Å²) in [5, 5.41) is 13.9. The smallest absolute Gasteiger partial charge is 0.183 e. The molecule has 0 fully saturated rings.